The number of thiocarbonyl (C=S) groups is 1. The summed E-state index contributed by atoms with van der Waals surface area (Å²) in [5, 5.41) is 2.76. The van der Waals surface area contributed by atoms with E-state index >= 15 is 0 Å². The van der Waals surface area contributed by atoms with Gasteiger partial charge in [-0.3, -0.25) is 14.9 Å². The fourth-order valence-corrected chi connectivity index (χ4v) is 2.30. The summed E-state index contributed by atoms with van der Waals surface area (Å²) in [6, 6.07) is 4.50. The van der Waals surface area contributed by atoms with Crippen LogP contribution in [0, 0.1) is 0 Å². The van der Waals surface area contributed by atoms with Gasteiger partial charge in [0.05, 0.1) is 6.54 Å². The van der Waals surface area contributed by atoms with Crippen molar-refractivity contribution in [2.24, 2.45) is 5.73 Å². The van der Waals surface area contributed by atoms with Crippen molar-refractivity contribution >= 4 is 46.3 Å². The van der Waals surface area contributed by atoms with Crippen LogP contribution in [0.25, 0.3) is 0 Å². The van der Waals surface area contributed by atoms with Gasteiger partial charge in [0.25, 0.3) is 0 Å². The van der Waals surface area contributed by atoms with Crippen molar-refractivity contribution in [3.05, 3.63) is 28.8 Å². The number of hydrogen-bond acceptors (Lipinski definition) is 4. The average Bonchev–Trinajstić information content (AvgIpc) is 2.33. The Bertz CT molecular complexity index is 576. The average molecular weight is 298 g/mol. The molecule has 1 fully saturated rings. The number of nitrogens with zero attached hydrogens (tertiary/aromatic N) is 1. The van der Waals surface area contributed by atoms with Gasteiger partial charge in [-0.15, -0.1) is 0 Å². The van der Waals surface area contributed by atoms with Gasteiger partial charge in [-0.25, -0.2) is 0 Å². The highest BCUT2D eigenvalue weighted by Gasteiger charge is 2.31. The number of carbonyl (C=O) groups is 2. The van der Waals surface area contributed by atoms with Gasteiger partial charge in [0.15, 0.2) is 0 Å². The number of carbonyl (C=O) groups excluding carboxylic acids is 2. The molecule has 0 radical (unpaired) electrons. The lowest BCUT2D eigenvalue weighted by atomic mass is 10.1. The van der Waals surface area contributed by atoms with Gasteiger partial charge in [0, 0.05) is 16.3 Å². The minimum absolute atomic E-state index is 0.0584. The van der Waals surface area contributed by atoms with Gasteiger partial charge >= 0.3 is 0 Å². The van der Waals surface area contributed by atoms with E-state index in [1.165, 1.54) is 0 Å². The van der Waals surface area contributed by atoms with Crippen molar-refractivity contribution in [3.8, 4) is 0 Å². The number of halogens is 1. The maximum absolute atomic E-state index is 11.7. The van der Waals surface area contributed by atoms with E-state index in [9.17, 15) is 9.59 Å². The van der Waals surface area contributed by atoms with Crippen LogP contribution in [-0.4, -0.2) is 29.4 Å². The smallest absolute Gasteiger partial charge is 0.249 e. The van der Waals surface area contributed by atoms with Crippen molar-refractivity contribution in [2.75, 3.05) is 11.4 Å². The van der Waals surface area contributed by atoms with Crippen molar-refractivity contribution in [1.82, 2.24) is 5.32 Å². The third-order valence-corrected chi connectivity index (χ3v) is 3.41. The van der Waals surface area contributed by atoms with Crippen LogP contribution in [0.15, 0.2) is 18.2 Å². The monoisotopic (exact) mass is 297 g/mol. The predicted molar refractivity (Wildman–Crippen MR) is 77.3 cm³/mol. The molecule has 1 atom stereocenters. The number of piperazine rings is 1. The van der Waals surface area contributed by atoms with E-state index in [2.05, 4.69) is 5.32 Å². The SMILES string of the molecule is CC1C(=O)NC(=O)CN1c1cc(Cl)ccc1C(N)=S. The zero-order valence-corrected chi connectivity index (χ0v) is 11.7. The zero-order chi connectivity index (χ0) is 14.2. The number of amides is 2. The Kier molecular flexibility index (Phi) is 3.73. The minimum Gasteiger partial charge on any atom is -0.389 e. The van der Waals surface area contributed by atoms with Crippen LogP contribution in [0.5, 0.6) is 0 Å². The van der Waals surface area contributed by atoms with Gasteiger partial charge in [-0.1, -0.05) is 23.8 Å². The number of nitrogens with one attached hydrogen (secondary N) is 1. The van der Waals surface area contributed by atoms with E-state index in [1.54, 1.807) is 30.0 Å². The second-order valence-corrected chi connectivity index (χ2v) is 5.12. The molecule has 1 aromatic carbocycles. The lowest BCUT2D eigenvalue weighted by molar-refractivity contribution is -0.132. The first-order valence-electron chi connectivity index (χ1n) is 5.60. The summed E-state index contributed by atoms with van der Waals surface area (Å²) in [5.41, 5.74) is 6.85. The molecule has 1 aliphatic rings. The van der Waals surface area contributed by atoms with Gasteiger partial charge in [0.1, 0.15) is 11.0 Å². The molecule has 1 saturated heterocycles. The molecule has 1 aromatic rings. The molecule has 19 heavy (non-hydrogen) atoms. The van der Waals surface area contributed by atoms with Crippen LogP contribution < -0.4 is 16.0 Å². The molecule has 0 aromatic heterocycles. The Balaban J connectivity index is 2.50. The fraction of sp³-hybridized carbons (Fsp3) is 0.250. The standard InChI is InChI=1S/C12H12ClN3O2S/c1-6-12(18)15-10(17)5-16(6)9-4-7(13)2-3-8(9)11(14)19/h2-4,6H,5H2,1H3,(H2,14,19)(H,15,17,18). The molecule has 7 heteroatoms. The van der Waals surface area contributed by atoms with Gasteiger partial charge in [-0.05, 0) is 25.1 Å². The Morgan fingerprint density at radius 3 is 2.84 bits per heavy atom. The van der Waals surface area contributed by atoms with Crippen LogP contribution in [0.1, 0.15) is 12.5 Å². The third kappa shape index (κ3) is 2.69. The summed E-state index contributed by atoms with van der Waals surface area (Å²) in [7, 11) is 0. The molecule has 0 saturated carbocycles. The number of anilines is 1. The number of hydrogen-bond donors (Lipinski definition) is 2. The predicted octanol–water partition coefficient (Wildman–Crippen LogP) is 0.826. The molecule has 2 rings (SSSR count). The quantitative estimate of drug-likeness (QED) is 0.624. The molecule has 0 bridgehead atoms. The molecule has 0 spiro atoms. The lowest BCUT2D eigenvalue weighted by Crippen LogP contribution is -2.57. The van der Waals surface area contributed by atoms with E-state index in [0.29, 0.717) is 16.3 Å². The van der Waals surface area contributed by atoms with Gasteiger partial charge < -0.3 is 10.6 Å². The van der Waals surface area contributed by atoms with Crippen LogP contribution in [0.4, 0.5) is 5.69 Å². The zero-order valence-electron chi connectivity index (χ0n) is 10.1. The number of benzene rings is 1. The maximum Gasteiger partial charge on any atom is 0.249 e. The van der Waals surface area contributed by atoms with E-state index in [-0.39, 0.29) is 23.3 Å². The highest BCUT2D eigenvalue weighted by Crippen LogP contribution is 2.27. The molecule has 1 aliphatic heterocycles. The Morgan fingerprint density at radius 1 is 1.53 bits per heavy atom. The Hall–Kier alpha value is -1.66. The van der Waals surface area contributed by atoms with Gasteiger partial charge in [0.2, 0.25) is 11.8 Å². The van der Waals surface area contributed by atoms with Crippen molar-refractivity contribution < 1.29 is 9.59 Å². The summed E-state index contributed by atoms with van der Waals surface area (Å²) >= 11 is 10.9. The molecule has 1 heterocycles. The van der Waals surface area contributed by atoms with E-state index in [0.717, 1.165) is 0 Å². The molecule has 1 unspecified atom stereocenters. The summed E-state index contributed by atoms with van der Waals surface area (Å²) in [6.07, 6.45) is 0. The summed E-state index contributed by atoms with van der Waals surface area (Å²) < 4.78 is 0. The largest absolute Gasteiger partial charge is 0.389 e. The summed E-state index contributed by atoms with van der Waals surface area (Å²) in [4.78, 5) is 25.0. The maximum atomic E-state index is 11.7. The third-order valence-electron chi connectivity index (χ3n) is 2.96. The first kappa shape index (κ1) is 13.8. The lowest BCUT2D eigenvalue weighted by Gasteiger charge is -2.34. The van der Waals surface area contributed by atoms with Crippen LogP contribution in [0.2, 0.25) is 5.02 Å². The topological polar surface area (TPSA) is 75.4 Å². The van der Waals surface area contributed by atoms with Crippen molar-refractivity contribution in [2.45, 2.75) is 13.0 Å². The molecule has 2 amide bonds. The molecule has 3 N–H and O–H groups in total. The van der Waals surface area contributed by atoms with E-state index < -0.39 is 6.04 Å². The number of imide groups is 1. The molecule has 100 valence electrons. The second kappa shape index (κ2) is 5.14. The van der Waals surface area contributed by atoms with Gasteiger partial charge in [-0.2, -0.15) is 0 Å². The van der Waals surface area contributed by atoms with Crippen molar-refractivity contribution in [1.29, 1.82) is 0 Å². The first-order valence-corrected chi connectivity index (χ1v) is 6.38. The molecule has 5 nitrogen and oxygen atoms in total. The number of rotatable bonds is 2. The minimum atomic E-state index is -0.496. The van der Waals surface area contributed by atoms with Crippen LogP contribution >= 0.6 is 23.8 Å². The van der Waals surface area contributed by atoms with Crippen molar-refractivity contribution in [3.63, 3.8) is 0 Å². The van der Waals surface area contributed by atoms with Crippen LogP contribution in [-0.2, 0) is 9.59 Å². The van der Waals surface area contributed by atoms with E-state index in [1.807, 2.05) is 0 Å². The Morgan fingerprint density at radius 2 is 2.21 bits per heavy atom. The highest BCUT2D eigenvalue weighted by atomic mass is 35.5. The fourth-order valence-electron chi connectivity index (χ4n) is 1.96. The molecule has 0 aliphatic carbocycles. The number of nitrogens with two attached hydrogens (primary N) is 1. The summed E-state index contributed by atoms with van der Waals surface area (Å²) in [6.45, 7) is 1.76. The normalized spacial score (nSPS) is 19.3. The second-order valence-electron chi connectivity index (χ2n) is 4.24. The highest BCUT2D eigenvalue weighted by molar-refractivity contribution is 7.80. The summed E-state index contributed by atoms with van der Waals surface area (Å²) in [5.74, 6) is -0.720. The van der Waals surface area contributed by atoms with Crippen LogP contribution in [0.3, 0.4) is 0 Å². The van der Waals surface area contributed by atoms with E-state index in [4.69, 9.17) is 29.6 Å². The Labute approximate surface area is 120 Å². The molecular weight excluding hydrogens is 286 g/mol. The first-order chi connectivity index (χ1) is 8.90. The molecular formula is C12H12ClN3O2S.